The second kappa shape index (κ2) is 20.7. The Hall–Kier alpha value is -2.52. The lowest BCUT2D eigenvalue weighted by Crippen LogP contribution is -2.64. The van der Waals surface area contributed by atoms with Gasteiger partial charge in [0, 0.05) is 53.0 Å². The largest absolute Gasteiger partial charge is 0.394 e. The molecule has 0 bridgehead atoms. The molecule has 46 heavy (non-hydrogen) atoms. The first kappa shape index (κ1) is 39.7. The summed E-state index contributed by atoms with van der Waals surface area (Å²) in [6.45, 7) is 2.11. The minimum absolute atomic E-state index is 0.133. The van der Waals surface area contributed by atoms with Crippen LogP contribution in [0, 0.1) is 0 Å². The Morgan fingerprint density at radius 3 is 1.30 bits per heavy atom. The van der Waals surface area contributed by atoms with E-state index >= 15 is 0 Å². The SMILES string of the molecule is CC(=O)NC1[C@H](OCCCCC(=O)NCCNC(=O)CCCCO[C@@H]2OC(CO)[C@H](O)C(O)[C@@H]2NC(C)=O)OC(CO)[C@H](O)[C@@H]1O. The number of ether oxygens (including phenoxy) is 4. The molecule has 4 amide bonds. The predicted octanol–water partition coefficient (Wildman–Crippen LogP) is -4.52. The van der Waals surface area contributed by atoms with Gasteiger partial charge in [-0.3, -0.25) is 19.2 Å². The third-order valence-corrected chi connectivity index (χ3v) is 7.43. The Balaban J connectivity index is 1.55. The second-order valence-corrected chi connectivity index (χ2v) is 11.2. The number of rotatable bonds is 19. The van der Waals surface area contributed by atoms with Crippen molar-refractivity contribution in [1.29, 1.82) is 0 Å². The van der Waals surface area contributed by atoms with Gasteiger partial charge >= 0.3 is 0 Å². The van der Waals surface area contributed by atoms with Crippen molar-refractivity contribution in [3.63, 3.8) is 0 Å². The molecule has 0 aliphatic carbocycles. The number of nitrogens with one attached hydrogen (secondary N) is 4. The molecule has 2 aliphatic rings. The molecule has 2 heterocycles. The fourth-order valence-electron chi connectivity index (χ4n) is 4.98. The topological polar surface area (TPSA) is 275 Å². The monoisotopic (exact) mass is 666 g/mol. The van der Waals surface area contributed by atoms with Gasteiger partial charge in [-0.15, -0.1) is 0 Å². The highest BCUT2D eigenvalue weighted by Crippen LogP contribution is 2.23. The summed E-state index contributed by atoms with van der Waals surface area (Å²) in [5.74, 6) is -1.36. The van der Waals surface area contributed by atoms with Crippen LogP contribution in [0.1, 0.15) is 52.4 Å². The highest BCUT2D eigenvalue weighted by atomic mass is 16.7. The van der Waals surface area contributed by atoms with E-state index in [1.807, 2.05) is 0 Å². The maximum atomic E-state index is 12.1. The number of unbranched alkanes of at least 4 members (excludes halogenated alkanes) is 2. The van der Waals surface area contributed by atoms with E-state index in [1.165, 1.54) is 13.8 Å². The molecule has 10 atom stereocenters. The van der Waals surface area contributed by atoms with E-state index in [4.69, 9.17) is 18.9 Å². The Morgan fingerprint density at radius 2 is 0.978 bits per heavy atom. The third kappa shape index (κ3) is 12.9. The standard InChI is InChI=1S/C28H50N4O14/c1-15(35)31-21-25(41)23(39)17(13-33)45-27(21)43-11-5-3-7-19(37)29-9-10-30-20(38)8-4-6-12-44-28-22(32-16(2)36)26(42)24(40)18(14-34)46-28/h17-18,21-28,33-34,39-42H,3-14H2,1-2H3,(H,29,37)(H,30,38)(H,31,35)(H,32,36)/t17?,18?,21-,22?,23-,24-,25?,26+,27+,28+/m0/s1. The van der Waals surface area contributed by atoms with Crippen molar-refractivity contribution in [2.45, 2.75) is 114 Å². The minimum Gasteiger partial charge on any atom is -0.394 e. The number of aliphatic hydroxyl groups excluding tert-OH is 6. The normalized spacial score (nSPS) is 31.1. The molecule has 2 fully saturated rings. The average Bonchev–Trinajstić information content (AvgIpc) is 3.01. The molecule has 2 aliphatic heterocycles. The minimum atomic E-state index is -1.40. The molecule has 0 aromatic heterocycles. The zero-order chi connectivity index (χ0) is 34.2. The summed E-state index contributed by atoms with van der Waals surface area (Å²) >= 11 is 0. The third-order valence-electron chi connectivity index (χ3n) is 7.43. The summed E-state index contributed by atoms with van der Waals surface area (Å²) in [5.41, 5.74) is 0. The van der Waals surface area contributed by atoms with Crippen LogP contribution in [-0.4, -0.2) is 155 Å². The zero-order valence-electron chi connectivity index (χ0n) is 26.2. The van der Waals surface area contributed by atoms with E-state index in [-0.39, 0.29) is 51.0 Å². The maximum absolute atomic E-state index is 12.1. The maximum Gasteiger partial charge on any atom is 0.220 e. The van der Waals surface area contributed by atoms with Crippen LogP contribution < -0.4 is 21.3 Å². The van der Waals surface area contributed by atoms with Crippen molar-refractivity contribution < 1.29 is 68.8 Å². The molecule has 0 aromatic carbocycles. The van der Waals surface area contributed by atoms with Gasteiger partial charge in [0.05, 0.1) is 13.2 Å². The Kier molecular flexibility index (Phi) is 17.8. The number of hydrogen-bond donors (Lipinski definition) is 10. The van der Waals surface area contributed by atoms with Crippen LogP contribution in [0.2, 0.25) is 0 Å². The van der Waals surface area contributed by atoms with E-state index in [0.29, 0.717) is 25.7 Å². The molecule has 18 nitrogen and oxygen atoms in total. The molecule has 10 N–H and O–H groups in total. The summed E-state index contributed by atoms with van der Waals surface area (Å²) in [6.07, 6.45) is -7.74. The lowest BCUT2D eigenvalue weighted by molar-refractivity contribution is -0.270. The molecule has 2 saturated heterocycles. The van der Waals surface area contributed by atoms with E-state index in [2.05, 4.69) is 21.3 Å². The zero-order valence-corrected chi connectivity index (χ0v) is 26.2. The molecule has 0 spiro atoms. The van der Waals surface area contributed by atoms with Crippen LogP contribution in [0.15, 0.2) is 0 Å². The average molecular weight is 667 g/mol. The molecule has 2 rings (SSSR count). The molecular weight excluding hydrogens is 616 g/mol. The van der Waals surface area contributed by atoms with Crippen LogP contribution >= 0.6 is 0 Å². The summed E-state index contributed by atoms with van der Waals surface area (Å²) in [5, 5.41) is 69.7. The number of carbonyl (C=O) groups excluding carboxylic acids is 4. The van der Waals surface area contributed by atoms with Crippen molar-refractivity contribution in [2.75, 3.05) is 39.5 Å². The second-order valence-electron chi connectivity index (χ2n) is 11.2. The fraction of sp³-hybridized carbons (Fsp3) is 0.857. The number of hydrogen-bond acceptors (Lipinski definition) is 14. The van der Waals surface area contributed by atoms with E-state index in [9.17, 15) is 49.8 Å². The summed E-state index contributed by atoms with van der Waals surface area (Å²) in [4.78, 5) is 47.2. The van der Waals surface area contributed by atoms with E-state index in [1.54, 1.807) is 0 Å². The first-order valence-electron chi connectivity index (χ1n) is 15.4. The van der Waals surface area contributed by atoms with Gasteiger partial charge in [0.15, 0.2) is 12.6 Å². The van der Waals surface area contributed by atoms with Gasteiger partial charge in [0.2, 0.25) is 23.6 Å². The van der Waals surface area contributed by atoms with Crippen LogP contribution in [0.4, 0.5) is 0 Å². The van der Waals surface area contributed by atoms with Gasteiger partial charge < -0.3 is 70.9 Å². The number of carbonyl (C=O) groups is 4. The Bertz CT molecular complexity index is 887. The first-order valence-corrected chi connectivity index (χ1v) is 15.4. The van der Waals surface area contributed by atoms with Crippen molar-refractivity contribution in [1.82, 2.24) is 21.3 Å². The summed E-state index contributed by atoms with van der Waals surface area (Å²) in [6, 6.07) is -2.07. The first-order chi connectivity index (χ1) is 21.9. The molecule has 4 unspecified atom stereocenters. The lowest BCUT2D eigenvalue weighted by Gasteiger charge is -2.42. The summed E-state index contributed by atoms with van der Waals surface area (Å²) in [7, 11) is 0. The molecule has 0 aromatic rings. The highest BCUT2D eigenvalue weighted by molar-refractivity contribution is 5.77. The van der Waals surface area contributed by atoms with E-state index < -0.39 is 86.3 Å². The Morgan fingerprint density at radius 1 is 0.609 bits per heavy atom. The molecule has 0 saturated carbocycles. The highest BCUT2D eigenvalue weighted by Gasteiger charge is 2.46. The van der Waals surface area contributed by atoms with E-state index in [0.717, 1.165) is 0 Å². The van der Waals surface area contributed by atoms with Crippen LogP contribution in [0.5, 0.6) is 0 Å². The summed E-state index contributed by atoms with van der Waals surface area (Å²) < 4.78 is 22.2. The van der Waals surface area contributed by atoms with Crippen molar-refractivity contribution in [3.05, 3.63) is 0 Å². The predicted molar refractivity (Wildman–Crippen MR) is 156 cm³/mol. The quantitative estimate of drug-likeness (QED) is 0.0582. The number of aliphatic hydroxyl groups is 6. The van der Waals surface area contributed by atoms with Crippen LogP contribution in [0.3, 0.4) is 0 Å². The van der Waals surface area contributed by atoms with Crippen molar-refractivity contribution in [3.8, 4) is 0 Å². The Labute approximate surface area is 267 Å². The van der Waals surface area contributed by atoms with Gasteiger partial charge in [-0.1, -0.05) is 0 Å². The molecular formula is C28H50N4O14. The number of amides is 4. The smallest absolute Gasteiger partial charge is 0.220 e. The van der Waals surface area contributed by atoms with Crippen LogP contribution in [0.25, 0.3) is 0 Å². The van der Waals surface area contributed by atoms with Crippen molar-refractivity contribution >= 4 is 23.6 Å². The van der Waals surface area contributed by atoms with Gasteiger partial charge in [-0.05, 0) is 25.7 Å². The van der Waals surface area contributed by atoms with Crippen molar-refractivity contribution in [2.24, 2.45) is 0 Å². The van der Waals surface area contributed by atoms with Gasteiger partial charge in [-0.25, -0.2) is 0 Å². The van der Waals surface area contributed by atoms with Gasteiger partial charge in [0.25, 0.3) is 0 Å². The lowest BCUT2D eigenvalue weighted by atomic mass is 9.97. The van der Waals surface area contributed by atoms with Gasteiger partial charge in [0.1, 0.15) is 48.7 Å². The van der Waals surface area contributed by atoms with Gasteiger partial charge in [-0.2, -0.15) is 0 Å². The fourth-order valence-corrected chi connectivity index (χ4v) is 4.98. The molecule has 266 valence electrons. The molecule has 0 radical (unpaired) electrons. The molecule has 18 heteroatoms. The van der Waals surface area contributed by atoms with Crippen LogP contribution in [-0.2, 0) is 38.1 Å².